The predicted molar refractivity (Wildman–Crippen MR) is 31.7 cm³/mol. The molecule has 0 aromatic heterocycles. The Morgan fingerprint density at radius 2 is 1.40 bits per heavy atom. The van der Waals surface area contributed by atoms with E-state index in [-0.39, 0.29) is 24.8 Å². The molecule has 0 radical (unpaired) electrons. The van der Waals surface area contributed by atoms with E-state index in [0.717, 1.165) is 7.51 Å². The molecule has 0 fully saturated rings. The third-order valence-corrected chi connectivity index (χ3v) is 0. The average molecular weight is 153 g/mol. The van der Waals surface area contributed by atoms with E-state index in [0.29, 0.717) is 0 Å². The summed E-state index contributed by atoms with van der Waals surface area (Å²) in [6, 6.07) is 0. The van der Waals surface area contributed by atoms with Crippen molar-refractivity contribution in [2.75, 3.05) is 0 Å². The van der Waals surface area contributed by atoms with Crippen LogP contribution in [0.15, 0.2) is 0 Å². The standard InChI is InChI=1S/2ClH.H2NPS/c;;1-2-3/h2*1H;(H2,1,3)/p+1. The van der Waals surface area contributed by atoms with E-state index in [1.54, 1.807) is 0 Å². The first-order valence-electron chi connectivity index (χ1n) is 0.499. The van der Waals surface area contributed by atoms with Crippen LogP contribution in [0.4, 0.5) is 0 Å². The van der Waals surface area contributed by atoms with Gasteiger partial charge in [-0.3, -0.25) is 0 Å². The lowest BCUT2D eigenvalue weighted by molar-refractivity contribution is -0.143. The van der Waals surface area contributed by atoms with E-state index in [1.165, 1.54) is 0 Å². The number of hydrogen-bond acceptors (Lipinski definition) is 1. The smallest absolute Gasteiger partial charge is 0.234 e. The second-order valence-corrected chi connectivity index (χ2v) is 1.16. The van der Waals surface area contributed by atoms with Gasteiger partial charge in [0.1, 0.15) is 0 Å². The molecule has 0 saturated carbocycles. The molecule has 34 valence electrons. The van der Waals surface area contributed by atoms with Gasteiger partial charge in [-0.15, -0.1) is 24.8 Å². The highest BCUT2D eigenvalue weighted by Crippen LogP contribution is 1.49. The molecule has 0 spiro atoms. The second kappa shape index (κ2) is 19.7. The molecule has 5 heteroatoms. The van der Waals surface area contributed by atoms with Gasteiger partial charge in [-0.1, -0.05) is 0 Å². The number of hydrogen-bond donors (Lipinski definition) is 1. The summed E-state index contributed by atoms with van der Waals surface area (Å²) in [6.45, 7) is 0. The predicted octanol–water partition coefficient (Wildman–Crippen LogP) is 0.395. The molecule has 0 rings (SSSR count). The van der Waals surface area contributed by atoms with Crippen molar-refractivity contribution in [3.63, 3.8) is 0 Å². The lowest BCUT2D eigenvalue weighted by atomic mass is 13.9. The zero-order valence-electron chi connectivity index (χ0n) is 2.38. The van der Waals surface area contributed by atoms with Crippen molar-refractivity contribution in [1.29, 1.82) is 0 Å². The molecule has 0 aliphatic rings. The molecule has 0 atom stereocenters. The first-order chi connectivity index (χ1) is 1.41. The van der Waals surface area contributed by atoms with Gasteiger partial charge in [-0.2, -0.15) is 0 Å². The minimum absolute atomic E-state index is 0. The van der Waals surface area contributed by atoms with Crippen LogP contribution in [0.5, 0.6) is 0 Å². The van der Waals surface area contributed by atoms with E-state index >= 15 is 0 Å². The third kappa shape index (κ3) is 42.2. The Morgan fingerprint density at radius 3 is 1.40 bits per heavy atom. The average Bonchev–Trinajstić information content (AvgIpc) is 0.918. The van der Waals surface area contributed by atoms with Crippen LogP contribution in [-0.2, 0) is 11.8 Å². The molecule has 0 amide bonds. The largest absolute Gasteiger partial charge is 0.302 e. The monoisotopic (exact) mass is 152 g/mol. The summed E-state index contributed by atoms with van der Waals surface area (Å²) in [5.41, 5.74) is 3.27. The van der Waals surface area contributed by atoms with Crippen molar-refractivity contribution in [3.05, 3.63) is 0 Å². The molecule has 0 aliphatic heterocycles. The molecule has 0 saturated heterocycles. The summed E-state index contributed by atoms with van der Waals surface area (Å²) >= 11 is 4.25. The molecule has 0 aromatic rings. The number of rotatable bonds is 0. The van der Waals surface area contributed by atoms with Crippen molar-refractivity contribution >= 4 is 44.1 Å². The summed E-state index contributed by atoms with van der Waals surface area (Å²) in [5.74, 6) is 0. The van der Waals surface area contributed by atoms with Gasteiger partial charge in [-0.25, -0.2) is 0 Å². The molecule has 0 aromatic carbocycles. The highest BCUT2D eigenvalue weighted by molar-refractivity contribution is 7.93. The topological polar surface area (TPSA) is 27.6 Å². The summed E-state index contributed by atoms with van der Waals surface area (Å²) in [5, 5.41) is 0. The quantitative estimate of drug-likeness (QED) is 0.501. The maximum Gasteiger partial charge on any atom is 0.234 e. The lowest BCUT2D eigenvalue weighted by Crippen LogP contribution is -2.29. The zero-order valence-corrected chi connectivity index (χ0v) is 5.72. The number of halogens is 2. The summed E-state index contributed by atoms with van der Waals surface area (Å²) < 4.78 is 0. The molecule has 0 unspecified atom stereocenters. The Morgan fingerprint density at radius 1 is 1.40 bits per heavy atom. The van der Waals surface area contributed by atoms with Gasteiger partial charge in [0.25, 0.3) is 0 Å². The van der Waals surface area contributed by atoms with Gasteiger partial charge < -0.3 is 5.50 Å². The van der Waals surface area contributed by atoms with Gasteiger partial charge in [0.05, 0.1) is 0 Å². The first kappa shape index (κ1) is 16.6. The maximum atomic E-state index is 4.25. The van der Waals surface area contributed by atoms with Gasteiger partial charge in [-0.05, 0) is 0 Å². The van der Waals surface area contributed by atoms with Crippen LogP contribution in [0.2, 0.25) is 0 Å². The van der Waals surface area contributed by atoms with Gasteiger partial charge >= 0.3 is 0 Å². The van der Waals surface area contributed by atoms with Crippen LogP contribution in [-0.4, -0.2) is 0 Å². The van der Waals surface area contributed by atoms with Crippen LogP contribution < -0.4 is 5.50 Å². The van der Waals surface area contributed by atoms with Crippen molar-refractivity contribution in [1.82, 2.24) is 0 Å². The fourth-order valence-corrected chi connectivity index (χ4v) is 0. The SMILES string of the molecule is Cl.Cl.[NH3+]P=S. The zero-order chi connectivity index (χ0) is 2.71. The van der Waals surface area contributed by atoms with Crippen LogP contribution >= 0.6 is 32.3 Å². The van der Waals surface area contributed by atoms with Crippen LogP contribution in [0, 0.1) is 0 Å². The van der Waals surface area contributed by atoms with Crippen molar-refractivity contribution in [2.45, 2.75) is 0 Å². The first-order valence-corrected chi connectivity index (χ1v) is 2.59. The van der Waals surface area contributed by atoms with Gasteiger partial charge in [0.2, 0.25) is 7.51 Å². The molecule has 5 heavy (non-hydrogen) atoms. The van der Waals surface area contributed by atoms with Crippen molar-refractivity contribution < 1.29 is 5.50 Å². The molecular weight excluding hydrogens is 148 g/mol. The number of quaternary nitrogens is 1. The van der Waals surface area contributed by atoms with Gasteiger partial charge in [0, 0.05) is 11.8 Å². The fraction of sp³-hybridized carbons (Fsp3) is 0. The molecular formula is H5Cl2NPS+. The maximum absolute atomic E-state index is 4.25. The molecule has 3 N–H and O–H groups in total. The van der Waals surface area contributed by atoms with E-state index < -0.39 is 0 Å². The van der Waals surface area contributed by atoms with E-state index in [4.69, 9.17) is 0 Å². The van der Waals surface area contributed by atoms with Crippen LogP contribution in [0.3, 0.4) is 0 Å². The van der Waals surface area contributed by atoms with Crippen LogP contribution in [0.25, 0.3) is 0 Å². The fourth-order valence-electron chi connectivity index (χ4n) is 0. The molecule has 1 nitrogen and oxygen atoms in total. The Kier molecular flexibility index (Phi) is 65.1. The minimum atomic E-state index is 0. The summed E-state index contributed by atoms with van der Waals surface area (Å²) in [7, 11) is 0.750. The van der Waals surface area contributed by atoms with Gasteiger partial charge in [0.15, 0.2) is 0 Å². The Hall–Kier alpha value is 1.06. The van der Waals surface area contributed by atoms with Crippen LogP contribution in [0.1, 0.15) is 0 Å². The normalized spacial score (nSPS) is 4.20. The van der Waals surface area contributed by atoms with E-state index in [1.807, 2.05) is 0 Å². The molecule has 0 heterocycles. The Bertz CT molecular complexity index is 17.1. The third-order valence-electron chi connectivity index (χ3n) is 0. The highest BCUT2D eigenvalue weighted by atomic mass is 35.5. The Balaban J connectivity index is -0.0000000200. The van der Waals surface area contributed by atoms with Crippen molar-refractivity contribution in [3.8, 4) is 0 Å². The summed E-state index contributed by atoms with van der Waals surface area (Å²) in [6.07, 6.45) is 0. The van der Waals surface area contributed by atoms with E-state index in [2.05, 4.69) is 17.3 Å². The van der Waals surface area contributed by atoms with E-state index in [9.17, 15) is 0 Å². The molecule has 0 aliphatic carbocycles. The minimum Gasteiger partial charge on any atom is -0.302 e. The Labute approximate surface area is 50.0 Å². The summed E-state index contributed by atoms with van der Waals surface area (Å²) in [4.78, 5) is 0. The second-order valence-electron chi connectivity index (χ2n) is 0.129. The molecule has 0 bridgehead atoms. The van der Waals surface area contributed by atoms with Crippen molar-refractivity contribution in [2.24, 2.45) is 0 Å². The lowest BCUT2D eigenvalue weighted by Gasteiger charge is -1.24. The highest BCUT2D eigenvalue weighted by Gasteiger charge is 1.27.